The molecule has 0 bridgehead atoms. The number of aromatic nitrogens is 1. The summed E-state index contributed by atoms with van der Waals surface area (Å²) in [6, 6.07) is 12.8. The second-order valence-electron chi connectivity index (χ2n) is 9.64. The molecule has 9 nitrogen and oxygen atoms in total. The molecule has 3 aromatic rings. The van der Waals surface area contributed by atoms with Crippen molar-refractivity contribution in [2.24, 2.45) is 0 Å². The summed E-state index contributed by atoms with van der Waals surface area (Å²) in [5.41, 5.74) is 6.31. The Hall–Kier alpha value is -3.63. The Morgan fingerprint density at radius 1 is 1.11 bits per heavy atom. The van der Waals surface area contributed by atoms with Gasteiger partial charge in [-0.2, -0.15) is 0 Å². The summed E-state index contributed by atoms with van der Waals surface area (Å²) in [5, 5.41) is 6.95. The van der Waals surface area contributed by atoms with E-state index in [9.17, 15) is 9.18 Å². The number of benzene rings is 2. The van der Waals surface area contributed by atoms with Crippen molar-refractivity contribution >= 4 is 11.8 Å². The number of anilines is 1. The minimum Gasteiger partial charge on any atom is -0.496 e. The molecule has 1 atom stereocenters. The molecule has 1 unspecified atom stereocenters. The Bertz CT molecular complexity index is 1270. The van der Waals surface area contributed by atoms with Crippen LogP contribution in [-0.2, 0) is 16.2 Å². The monoisotopic (exact) mass is 508 g/mol. The van der Waals surface area contributed by atoms with Crippen molar-refractivity contribution in [2.75, 3.05) is 25.1 Å². The number of nitrogens with one attached hydrogen (secondary N) is 2. The van der Waals surface area contributed by atoms with Gasteiger partial charge >= 0.3 is 6.09 Å². The van der Waals surface area contributed by atoms with Crippen LogP contribution in [0.4, 0.5) is 14.9 Å². The molecule has 1 aromatic heterocycles. The van der Waals surface area contributed by atoms with Gasteiger partial charge in [-0.1, -0.05) is 23.4 Å². The van der Waals surface area contributed by atoms with Crippen LogP contribution in [0.1, 0.15) is 54.7 Å². The zero-order valence-electron chi connectivity index (χ0n) is 20.5. The fraction of sp³-hybridized carbons (Fsp3) is 0.407. The molecule has 3 aliphatic rings. The van der Waals surface area contributed by atoms with Gasteiger partial charge in [0.2, 0.25) is 0 Å². The van der Waals surface area contributed by atoms with Gasteiger partial charge in [-0.3, -0.25) is 5.32 Å². The molecule has 1 amide bonds. The number of piperidine rings is 1. The zero-order valence-corrected chi connectivity index (χ0v) is 20.5. The van der Waals surface area contributed by atoms with E-state index in [1.165, 1.54) is 13.2 Å². The van der Waals surface area contributed by atoms with E-state index in [0.29, 0.717) is 29.5 Å². The number of nitrogens with zero attached hydrogens (tertiary/aromatic N) is 2. The summed E-state index contributed by atoms with van der Waals surface area (Å²) in [5.74, 6) is 1.15. The van der Waals surface area contributed by atoms with E-state index in [-0.39, 0.29) is 12.3 Å². The van der Waals surface area contributed by atoms with Gasteiger partial charge in [-0.15, -0.1) is 5.48 Å². The Balaban J connectivity index is 1.10. The molecule has 2 aliphatic heterocycles. The van der Waals surface area contributed by atoms with E-state index in [1.54, 1.807) is 12.1 Å². The second-order valence-corrected chi connectivity index (χ2v) is 9.64. The molecule has 2 aromatic carbocycles. The lowest BCUT2D eigenvalue weighted by atomic mass is 10.0. The molecule has 3 fully saturated rings. The number of carbonyl (C=O) groups excluding carboxylic acids is 1. The maximum absolute atomic E-state index is 14.8. The summed E-state index contributed by atoms with van der Waals surface area (Å²) in [6.07, 6.45) is 3.10. The van der Waals surface area contributed by atoms with Gasteiger partial charge in [0, 0.05) is 30.3 Å². The number of methoxy groups -OCH3 is 1. The SMILES string of the molecule is COc1cccc(F)c1-c1noc(C2CC2)c1COC1CCN(c2ccc(C3NOC(=O)N3)cc2)CC1. The summed E-state index contributed by atoms with van der Waals surface area (Å²) in [7, 11) is 1.52. The quantitative estimate of drug-likeness (QED) is 0.448. The maximum atomic E-state index is 14.8. The first-order chi connectivity index (χ1) is 18.1. The molecule has 37 heavy (non-hydrogen) atoms. The number of hydrogen-bond donors (Lipinski definition) is 2. The molecule has 0 spiro atoms. The van der Waals surface area contributed by atoms with Gasteiger partial charge in [-0.05, 0) is 55.5 Å². The second kappa shape index (κ2) is 10.0. The summed E-state index contributed by atoms with van der Waals surface area (Å²) in [6.45, 7) is 2.04. The average molecular weight is 509 g/mol. The van der Waals surface area contributed by atoms with Crippen molar-refractivity contribution in [1.82, 2.24) is 16.0 Å². The third kappa shape index (κ3) is 4.86. The molecule has 6 rings (SSSR count). The largest absolute Gasteiger partial charge is 0.496 e. The number of amides is 1. The summed E-state index contributed by atoms with van der Waals surface area (Å²) >= 11 is 0. The van der Waals surface area contributed by atoms with Crippen LogP contribution in [0.5, 0.6) is 5.75 Å². The number of halogens is 1. The lowest BCUT2D eigenvalue weighted by molar-refractivity contribution is 0.0246. The number of hydroxylamine groups is 1. The molecule has 3 heterocycles. The van der Waals surface area contributed by atoms with Crippen molar-refractivity contribution in [3.8, 4) is 17.0 Å². The van der Waals surface area contributed by atoms with Crippen LogP contribution >= 0.6 is 0 Å². The number of carbonyl (C=O) groups is 1. The molecular weight excluding hydrogens is 479 g/mol. The molecule has 194 valence electrons. The van der Waals surface area contributed by atoms with E-state index in [2.05, 4.69) is 33.0 Å². The van der Waals surface area contributed by atoms with Gasteiger partial charge in [-0.25, -0.2) is 9.18 Å². The Morgan fingerprint density at radius 3 is 2.57 bits per heavy atom. The van der Waals surface area contributed by atoms with Crippen molar-refractivity contribution in [2.45, 2.75) is 50.5 Å². The standard InChI is InChI=1S/C27H29FN4O5/c1-34-22-4-2-3-21(28)23(22)24-20(25(36-30-24)16-5-6-16)15-35-19-11-13-32(14-12-19)18-9-7-17(8-10-18)26-29-27(33)37-31-26/h2-4,7-10,16,19,26,31H,5-6,11-15H2,1H3,(H,29,33). The summed E-state index contributed by atoms with van der Waals surface area (Å²) < 4.78 is 32.3. The van der Waals surface area contributed by atoms with Gasteiger partial charge < -0.3 is 23.7 Å². The third-order valence-corrected chi connectivity index (χ3v) is 7.23. The van der Waals surface area contributed by atoms with Crippen LogP contribution in [0.3, 0.4) is 0 Å². The van der Waals surface area contributed by atoms with Crippen LogP contribution in [0.2, 0.25) is 0 Å². The molecule has 2 saturated heterocycles. The third-order valence-electron chi connectivity index (χ3n) is 7.23. The minimum atomic E-state index is -0.480. The van der Waals surface area contributed by atoms with E-state index in [4.69, 9.17) is 18.8 Å². The first kappa shape index (κ1) is 23.7. The van der Waals surface area contributed by atoms with Crippen molar-refractivity contribution in [3.05, 3.63) is 65.2 Å². The normalized spacial score (nSPS) is 20.1. The zero-order chi connectivity index (χ0) is 25.4. The first-order valence-electron chi connectivity index (χ1n) is 12.6. The smallest absolute Gasteiger partial charge is 0.427 e. The highest BCUT2D eigenvalue weighted by Crippen LogP contribution is 2.46. The molecular formula is C27H29FN4O5. The minimum absolute atomic E-state index is 0.0860. The maximum Gasteiger partial charge on any atom is 0.427 e. The predicted molar refractivity (Wildman–Crippen MR) is 132 cm³/mol. The Morgan fingerprint density at radius 2 is 1.89 bits per heavy atom. The molecule has 1 saturated carbocycles. The lowest BCUT2D eigenvalue weighted by Gasteiger charge is -2.33. The highest BCUT2D eigenvalue weighted by atomic mass is 19.1. The van der Waals surface area contributed by atoms with E-state index >= 15 is 0 Å². The van der Waals surface area contributed by atoms with E-state index in [1.807, 2.05) is 12.1 Å². The fourth-order valence-corrected chi connectivity index (χ4v) is 5.03. The van der Waals surface area contributed by atoms with Crippen molar-refractivity contribution in [3.63, 3.8) is 0 Å². The number of ether oxygens (including phenoxy) is 2. The Kier molecular flexibility index (Phi) is 6.43. The highest BCUT2D eigenvalue weighted by Gasteiger charge is 2.34. The van der Waals surface area contributed by atoms with Crippen molar-refractivity contribution < 1.29 is 28.0 Å². The van der Waals surface area contributed by atoms with Gasteiger partial charge in [0.25, 0.3) is 0 Å². The van der Waals surface area contributed by atoms with Crippen LogP contribution < -0.4 is 20.4 Å². The van der Waals surface area contributed by atoms with Crippen LogP contribution in [-0.4, -0.2) is 37.6 Å². The lowest BCUT2D eigenvalue weighted by Crippen LogP contribution is -2.37. The fourth-order valence-electron chi connectivity index (χ4n) is 5.03. The average Bonchev–Trinajstić information content (AvgIpc) is 3.55. The number of rotatable bonds is 8. The Labute approximate surface area is 213 Å². The highest BCUT2D eigenvalue weighted by molar-refractivity contribution is 5.71. The van der Waals surface area contributed by atoms with E-state index < -0.39 is 11.9 Å². The molecule has 10 heteroatoms. The van der Waals surface area contributed by atoms with Crippen LogP contribution in [0.25, 0.3) is 11.3 Å². The molecule has 1 aliphatic carbocycles. The van der Waals surface area contributed by atoms with Gasteiger partial charge in [0.1, 0.15) is 29.2 Å². The van der Waals surface area contributed by atoms with Gasteiger partial charge in [0.15, 0.2) is 0 Å². The molecule has 2 N–H and O–H groups in total. The van der Waals surface area contributed by atoms with Crippen LogP contribution in [0.15, 0.2) is 47.0 Å². The summed E-state index contributed by atoms with van der Waals surface area (Å²) in [4.78, 5) is 18.3. The number of hydrogen-bond acceptors (Lipinski definition) is 8. The van der Waals surface area contributed by atoms with E-state index in [0.717, 1.165) is 61.3 Å². The van der Waals surface area contributed by atoms with Crippen LogP contribution in [0, 0.1) is 5.82 Å². The van der Waals surface area contributed by atoms with Gasteiger partial charge in [0.05, 0.1) is 25.4 Å². The predicted octanol–water partition coefficient (Wildman–Crippen LogP) is 4.80. The van der Waals surface area contributed by atoms with Crippen molar-refractivity contribution in [1.29, 1.82) is 0 Å². The topological polar surface area (TPSA) is 98.1 Å². The first-order valence-corrected chi connectivity index (χ1v) is 12.6. The molecule has 0 radical (unpaired) electrons.